The molecule has 2 aromatic rings. The van der Waals surface area contributed by atoms with E-state index in [1.165, 1.54) is 0 Å². The minimum Gasteiger partial charge on any atom is -0.497 e. The second kappa shape index (κ2) is 8.93. The van der Waals surface area contributed by atoms with Gasteiger partial charge < -0.3 is 19.5 Å². The number of nitrogens with zero attached hydrogens (tertiary/aromatic N) is 1. The van der Waals surface area contributed by atoms with Crippen molar-refractivity contribution in [2.24, 2.45) is 0 Å². The Morgan fingerprint density at radius 3 is 2.52 bits per heavy atom. The normalized spacial score (nSPS) is 15.7. The maximum atomic E-state index is 12.7. The van der Waals surface area contributed by atoms with Crippen LogP contribution in [0.15, 0.2) is 36.4 Å². The monoisotopic (exact) mass is 416 g/mol. The number of methoxy groups -OCH3 is 1. The predicted molar refractivity (Wildman–Crippen MR) is 112 cm³/mol. The fourth-order valence-corrected chi connectivity index (χ4v) is 3.57. The molecule has 1 amide bonds. The molecular formula is C22H25ClN2O4. The van der Waals surface area contributed by atoms with Crippen LogP contribution in [0.2, 0.25) is 5.02 Å². The molecule has 1 fully saturated rings. The molecular weight excluding hydrogens is 392 g/mol. The molecule has 0 bridgehead atoms. The molecule has 0 saturated heterocycles. The zero-order valence-corrected chi connectivity index (χ0v) is 17.2. The van der Waals surface area contributed by atoms with Crippen molar-refractivity contribution in [2.45, 2.75) is 31.8 Å². The molecule has 0 radical (unpaired) electrons. The average molecular weight is 417 g/mol. The number of halogens is 1. The molecule has 29 heavy (non-hydrogen) atoms. The van der Waals surface area contributed by atoms with E-state index < -0.39 is 0 Å². The highest BCUT2D eigenvalue weighted by Crippen LogP contribution is 2.37. The van der Waals surface area contributed by atoms with Crippen molar-refractivity contribution in [3.63, 3.8) is 0 Å². The molecule has 4 rings (SSSR count). The quantitative estimate of drug-likeness (QED) is 0.735. The summed E-state index contributed by atoms with van der Waals surface area (Å²) in [4.78, 5) is 14.9. The molecule has 0 atom stereocenters. The van der Waals surface area contributed by atoms with E-state index in [2.05, 4.69) is 10.2 Å². The van der Waals surface area contributed by atoms with Gasteiger partial charge in [-0.1, -0.05) is 23.7 Å². The highest BCUT2D eigenvalue weighted by Gasteiger charge is 2.30. The summed E-state index contributed by atoms with van der Waals surface area (Å²) in [7, 11) is 1.65. The molecule has 0 spiro atoms. The largest absolute Gasteiger partial charge is 0.497 e. The van der Waals surface area contributed by atoms with Crippen molar-refractivity contribution in [3.8, 4) is 17.2 Å². The lowest BCUT2D eigenvalue weighted by molar-refractivity contribution is -0.117. The first-order valence-corrected chi connectivity index (χ1v) is 10.3. The summed E-state index contributed by atoms with van der Waals surface area (Å²) in [6, 6.07) is 11.8. The number of benzene rings is 2. The van der Waals surface area contributed by atoms with E-state index >= 15 is 0 Å². The van der Waals surface area contributed by atoms with Gasteiger partial charge in [0.25, 0.3) is 0 Å². The van der Waals surface area contributed by atoms with Gasteiger partial charge >= 0.3 is 0 Å². The van der Waals surface area contributed by atoms with Crippen LogP contribution in [0.1, 0.15) is 24.8 Å². The molecule has 1 aliphatic carbocycles. The Morgan fingerprint density at radius 1 is 1.17 bits per heavy atom. The third kappa shape index (κ3) is 5.14. The van der Waals surface area contributed by atoms with Gasteiger partial charge in [0.1, 0.15) is 5.75 Å². The number of carbonyl (C=O) groups excluding carboxylic acids is 1. The molecule has 1 heterocycles. The number of fused-ring (bicyclic) bond motifs is 1. The molecule has 2 aliphatic rings. The molecule has 6 nitrogen and oxygen atoms in total. The van der Waals surface area contributed by atoms with Crippen LogP contribution in [0.4, 0.5) is 5.69 Å². The van der Waals surface area contributed by atoms with Gasteiger partial charge in [-0.3, -0.25) is 9.69 Å². The van der Waals surface area contributed by atoms with Crippen molar-refractivity contribution < 1.29 is 19.0 Å². The first kappa shape index (κ1) is 19.9. The van der Waals surface area contributed by atoms with Gasteiger partial charge in [0.05, 0.1) is 37.6 Å². The van der Waals surface area contributed by atoms with Crippen LogP contribution in [0, 0.1) is 0 Å². The number of hydrogen-bond acceptors (Lipinski definition) is 5. The molecule has 1 saturated carbocycles. The van der Waals surface area contributed by atoms with Gasteiger partial charge in [-0.15, -0.1) is 0 Å². The Bertz CT molecular complexity index is 868. The number of nitrogens with one attached hydrogen (secondary N) is 1. The van der Waals surface area contributed by atoms with E-state index in [0.29, 0.717) is 48.0 Å². The van der Waals surface area contributed by atoms with Crippen LogP contribution >= 0.6 is 11.6 Å². The van der Waals surface area contributed by atoms with Crippen molar-refractivity contribution in [3.05, 3.63) is 47.0 Å². The predicted octanol–water partition coefficient (Wildman–Crippen LogP) is 4.11. The fraction of sp³-hybridized carbons (Fsp3) is 0.409. The lowest BCUT2D eigenvalue weighted by Crippen LogP contribution is -2.34. The van der Waals surface area contributed by atoms with Crippen LogP contribution in [0.3, 0.4) is 0 Å². The van der Waals surface area contributed by atoms with Gasteiger partial charge in [0.15, 0.2) is 11.5 Å². The standard InChI is InChI=1S/C22H25ClN2O4/c1-27-17-7-3-15(4-8-17)13-25(16-5-6-16)14-22(26)24-19-12-21-20(11-18(19)23)28-9-2-10-29-21/h3-4,7-8,11-12,16H,2,5-6,9-10,13-14H2,1H3,(H,24,26). The third-order valence-electron chi connectivity index (χ3n) is 5.07. The number of ether oxygens (including phenoxy) is 3. The zero-order chi connectivity index (χ0) is 20.2. The summed E-state index contributed by atoms with van der Waals surface area (Å²) < 4.78 is 16.5. The first-order chi connectivity index (χ1) is 14.1. The minimum absolute atomic E-state index is 0.0956. The van der Waals surface area contributed by atoms with Crippen molar-refractivity contribution in [1.29, 1.82) is 0 Å². The van der Waals surface area contributed by atoms with Crippen molar-refractivity contribution in [1.82, 2.24) is 4.90 Å². The van der Waals surface area contributed by atoms with Gasteiger partial charge in [0, 0.05) is 31.1 Å². The van der Waals surface area contributed by atoms with E-state index in [1.54, 1.807) is 19.2 Å². The SMILES string of the molecule is COc1ccc(CN(CC(=O)Nc2cc3c(cc2Cl)OCCCO3)C2CC2)cc1. The van der Waals surface area contributed by atoms with Crippen LogP contribution < -0.4 is 19.5 Å². The van der Waals surface area contributed by atoms with E-state index in [4.69, 9.17) is 25.8 Å². The third-order valence-corrected chi connectivity index (χ3v) is 5.38. The van der Waals surface area contributed by atoms with Crippen molar-refractivity contribution in [2.75, 3.05) is 32.2 Å². The molecule has 1 aliphatic heterocycles. The molecule has 7 heteroatoms. The lowest BCUT2D eigenvalue weighted by Gasteiger charge is -2.22. The van der Waals surface area contributed by atoms with Crippen LogP contribution in [0.5, 0.6) is 17.2 Å². The lowest BCUT2D eigenvalue weighted by atomic mass is 10.2. The first-order valence-electron chi connectivity index (χ1n) is 9.88. The number of amides is 1. The number of hydrogen-bond donors (Lipinski definition) is 1. The van der Waals surface area contributed by atoms with Gasteiger partial charge in [-0.05, 0) is 30.5 Å². The maximum Gasteiger partial charge on any atom is 0.238 e. The number of carbonyl (C=O) groups is 1. The Morgan fingerprint density at radius 2 is 1.86 bits per heavy atom. The molecule has 1 N–H and O–H groups in total. The van der Waals surface area contributed by atoms with Crippen LogP contribution in [-0.4, -0.2) is 43.7 Å². The molecule has 2 aromatic carbocycles. The minimum atomic E-state index is -0.0956. The van der Waals surface area contributed by atoms with Crippen molar-refractivity contribution >= 4 is 23.2 Å². The average Bonchev–Trinajstić information content (AvgIpc) is 3.56. The smallest absolute Gasteiger partial charge is 0.238 e. The van der Waals surface area contributed by atoms with E-state index in [-0.39, 0.29) is 5.91 Å². The summed E-state index contributed by atoms with van der Waals surface area (Å²) in [5.74, 6) is 1.96. The second-order valence-electron chi connectivity index (χ2n) is 7.36. The van der Waals surface area contributed by atoms with Crippen LogP contribution in [-0.2, 0) is 11.3 Å². The molecule has 154 valence electrons. The maximum absolute atomic E-state index is 12.7. The Labute approximate surface area is 175 Å². The molecule has 0 aromatic heterocycles. The topological polar surface area (TPSA) is 60.0 Å². The van der Waals surface area contributed by atoms with E-state index in [0.717, 1.165) is 37.1 Å². The van der Waals surface area contributed by atoms with Crippen LogP contribution in [0.25, 0.3) is 0 Å². The van der Waals surface area contributed by atoms with Gasteiger partial charge in [-0.2, -0.15) is 0 Å². The highest BCUT2D eigenvalue weighted by atomic mass is 35.5. The Balaban J connectivity index is 1.41. The second-order valence-corrected chi connectivity index (χ2v) is 7.77. The number of anilines is 1. The Kier molecular flexibility index (Phi) is 6.11. The summed E-state index contributed by atoms with van der Waals surface area (Å²) in [6.07, 6.45) is 3.05. The Hall–Kier alpha value is -2.44. The fourth-order valence-electron chi connectivity index (χ4n) is 3.37. The molecule has 0 unspecified atom stereocenters. The van der Waals surface area contributed by atoms with E-state index in [1.807, 2.05) is 24.3 Å². The highest BCUT2D eigenvalue weighted by molar-refractivity contribution is 6.34. The van der Waals surface area contributed by atoms with Gasteiger partial charge in [-0.25, -0.2) is 0 Å². The summed E-state index contributed by atoms with van der Waals surface area (Å²) >= 11 is 6.35. The zero-order valence-electron chi connectivity index (χ0n) is 16.4. The van der Waals surface area contributed by atoms with Gasteiger partial charge in [0.2, 0.25) is 5.91 Å². The van der Waals surface area contributed by atoms with E-state index in [9.17, 15) is 4.79 Å². The summed E-state index contributed by atoms with van der Waals surface area (Å²) in [5.41, 5.74) is 1.69. The summed E-state index contributed by atoms with van der Waals surface area (Å²) in [5, 5.41) is 3.37. The summed E-state index contributed by atoms with van der Waals surface area (Å²) in [6.45, 7) is 2.20. The number of rotatable bonds is 7.